The van der Waals surface area contributed by atoms with E-state index in [1.54, 1.807) is 18.3 Å². The fraction of sp³-hybridized carbons (Fsp3) is 0.333. The second-order valence-electron chi connectivity index (χ2n) is 6.42. The van der Waals surface area contributed by atoms with Crippen LogP contribution in [0.25, 0.3) is 0 Å². The molecule has 142 valence electrons. The molecular formula is C18H20ClN5O3. The summed E-state index contributed by atoms with van der Waals surface area (Å²) < 4.78 is 0. The van der Waals surface area contributed by atoms with Crippen LogP contribution in [0.5, 0.6) is 0 Å². The molecule has 1 saturated heterocycles. The number of carbonyl (C=O) groups excluding carboxylic acids is 1. The van der Waals surface area contributed by atoms with Crippen LogP contribution in [0.1, 0.15) is 18.4 Å². The molecule has 1 aliphatic rings. The van der Waals surface area contributed by atoms with Crippen molar-refractivity contribution in [2.24, 2.45) is 11.7 Å². The Morgan fingerprint density at radius 3 is 2.78 bits per heavy atom. The number of nitrogens with zero attached hydrogens (tertiary/aromatic N) is 3. The summed E-state index contributed by atoms with van der Waals surface area (Å²) in [6.07, 6.45) is 3.10. The Balaban J connectivity index is 1.74. The molecule has 0 unspecified atom stereocenters. The molecule has 0 spiro atoms. The van der Waals surface area contributed by atoms with Gasteiger partial charge in [-0.15, -0.1) is 0 Å². The Labute approximate surface area is 161 Å². The lowest BCUT2D eigenvalue weighted by atomic mass is 9.96. The van der Waals surface area contributed by atoms with E-state index in [-0.39, 0.29) is 17.5 Å². The second kappa shape index (κ2) is 8.22. The van der Waals surface area contributed by atoms with Gasteiger partial charge in [0.05, 0.1) is 4.92 Å². The van der Waals surface area contributed by atoms with Gasteiger partial charge in [0.2, 0.25) is 5.91 Å². The molecule has 1 amide bonds. The zero-order valence-corrected chi connectivity index (χ0v) is 15.4. The fourth-order valence-corrected chi connectivity index (χ4v) is 3.39. The fourth-order valence-electron chi connectivity index (χ4n) is 3.22. The van der Waals surface area contributed by atoms with Crippen molar-refractivity contribution in [2.45, 2.75) is 19.4 Å². The first kappa shape index (κ1) is 18.9. The summed E-state index contributed by atoms with van der Waals surface area (Å²) in [6, 6.07) is 8.28. The minimum absolute atomic E-state index is 0.0739. The van der Waals surface area contributed by atoms with Gasteiger partial charge < -0.3 is 16.0 Å². The first-order valence-electron chi connectivity index (χ1n) is 8.61. The van der Waals surface area contributed by atoms with Crippen molar-refractivity contribution in [3.63, 3.8) is 0 Å². The molecule has 0 radical (unpaired) electrons. The quantitative estimate of drug-likeness (QED) is 0.579. The first-order valence-corrected chi connectivity index (χ1v) is 8.99. The van der Waals surface area contributed by atoms with E-state index in [9.17, 15) is 14.9 Å². The molecule has 3 rings (SSSR count). The molecule has 0 aliphatic carbocycles. The summed E-state index contributed by atoms with van der Waals surface area (Å²) >= 11 is 5.86. The number of rotatable bonds is 6. The van der Waals surface area contributed by atoms with Crippen molar-refractivity contribution in [1.29, 1.82) is 0 Å². The molecule has 9 heteroatoms. The predicted molar refractivity (Wildman–Crippen MR) is 104 cm³/mol. The highest BCUT2D eigenvalue weighted by Gasteiger charge is 2.25. The molecule has 0 atom stereocenters. The number of nitro groups is 1. The van der Waals surface area contributed by atoms with Gasteiger partial charge in [0.25, 0.3) is 5.69 Å². The minimum Gasteiger partial charge on any atom is -0.375 e. The first-order chi connectivity index (χ1) is 13.0. The van der Waals surface area contributed by atoms with Crippen LogP contribution in [0.15, 0.2) is 36.5 Å². The van der Waals surface area contributed by atoms with E-state index in [2.05, 4.69) is 15.2 Å². The predicted octanol–water partition coefficient (Wildman–Crippen LogP) is 2.96. The molecule has 1 aliphatic heterocycles. The number of hydrogen-bond donors (Lipinski definition) is 2. The van der Waals surface area contributed by atoms with Crippen LogP contribution in [0.4, 0.5) is 17.2 Å². The van der Waals surface area contributed by atoms with Crippen LogP contribution < -0.4 is 16.0 Å². The molecule has 8 nitrogen and oxygen atoms in total. The number of benzene rings is 1. The van der Waals surface area contributed by atoms with Crippen molar-refractivity contribution in [1.82, 2.24) is 4.98 Å². The summed E-state index contributed by atoms with van der Waals surface area (Å²) in [7, 11) is 0. The van der Waals surface area contributed by atoms with E-state index in [0.717, 1.165) is 11.4 Å². The summed E-state index contributed by atoms with van der Waals surface area (Å²) in [6.45, 7) is 1.76. The van der Waals surface area contributed by atoms with Gasteiger partial charge in [-0.2, -0.15) is 0 Å². The Hall–Kier alpha value is -2.87. The highest BCUT2D eigenvalue weighted by Crippen LogP contribution is 2.29. The van der Waals surface area contributed by atoms with Crippen LogP contribution >= 0.6 is 11.6 Å². The van der Waals surface area contributed by atoms with Gasteiger partial charge in [-0.25, -0.2) is 4.98 Å². The molecule has 1 aromatic heterocycles. The van der Waals surface area contributed by atoms with E-state index in [4.69, 9.17) is 17.3 Å². The topological polar surface area (TPSA) is 114 Å². The lowest BCUT2D eigenvalue weighted by molar-refractivity contribution is -0.383. The number of primary amides is 1. The number of anilines is 2. The van der Waals surface area contributed by atoms with E-state index in [0.29, 0.717) is 43.2 Å². The smallest absolute Gasteiger partial charge is 0.293 e. The molecule has 1 fully saturated rings. The van der Waals surface area contributed by atoms with E-state index in [1.807, 2.05) is 12.1 Å². The number of carbonyl (C=O) groups is 1. The number of amides is 1. The summed E-state index contributed by atoms with van der Waals surface area (Å²) in [4.78, 5) is 28.7. The van der Waals surface area contributed by atoms with Crippen LogP contribution in [-0.4, -0.2) is 28.9 Å². The minimum atomic E-state index is -0.465. The van der Waals surface area contributed by atoms with Crippen molar-refractivity contribution in [3.8, 4) is 0 Å². The number of nitro benzene ring substituents is 1. The van der Waals surface area contributed by atoms with Crippen LogP contribution in [0.3, 0.4) is 0 Å². The number of hydrogen-bond acceptors (Lipinski definition) is 6. The number of aromatic nitrogens is 1. The summed E-state index contributed by atoms with van der Waals surface area (Å²) in [5.41, 5.74) is 6.63. The van der Waals surface area contributed by atoms with Gasteiger partial charge in [-0.3, -0.25) is 14.9 Å². The van der Waals surface area contributed by atoms with Crippen molar-refractivity contribution in [2.75, 3.05) is 23.3 Å². The van der Waals surface area contributed by atoms with E-state index >= 15 is 0 Å². The molecule has 2 heterocycles. The van der Waals surface area contributed by atoms with Gasteiger partial charge in [0.1, 0.15) is 11.5 Å². The largest absolute Gasteiger partial charge is 0.375 e. The van der Waals surface area contributed by atoms with E-state index in [1.165, 1.54) is 6.07 Å². The second-order valence-corrected chi connectivity index (χ2v) is 6.86. The number of piperidine rings is 1. The maximum absolute atomic E-state index is 11.3. The number of nitrogens with two attached hydrogens (primary N) is 1. The van der Waals surface area contributed by atoms with Gasteiger partial charge in [0, 0.05) is 48.4 Å². The van der Waals surface area contributed by atoms with Crippen LogP contribution in [-0.2, 0) is 11.3 Å². The Morgan fingerprint density at radius 2 is 2.11 bits per heavy atom. The molecular weight excluding hydrogens is 370 g/mol. The zero-order valence-electron chi connectivity index (χ0n) is 14.6. The Bertz CT molecular complexity index is 853. The average molecular weight is 390 g/mol. The molecule has 2 aromatic rings. The molecule has 0 saturated carbocycles. The van der Waals surface area contributed by atoms with Gasteiger partial charge in [-0.05, 0) is 31.0 Å². The van der Waals surface area contributed by atoms with Gasteiger partial charge in [-0.1, -0.05) is 17.7 Å². The lowest BCUT2D eigenvalue weighted by Crippen LogP contribution is -2.39. The molecule has 1 aromatic carbocycles. The van der Waals surface area contributed by atoms with Gasteiger partial charge in [0.15, 0.2) is 0 Å². The zero-order chi connectivity index (χ0) is 19.4. The molecule has 3 N–H and O–H groups in total. The number of pyridine rings is 1. The van der Waals surface area contributed by atoms with Crippen LogP contribution in [0.2, 0.25) is 5.02 Å². The molecule has 27 heavy (non-hydrogen) atoms. The monoisotopic (exact) mass is 389 g/mol. The summed E-state index contributed by atoms with van der Waals surface area (Å²) in [5, 5.41) is 14.6. The SMILES string of the molecule is NC(=O)C1CCN(c2ncccc2CNc2ccc(Cl)cc2[N+](=O)[O-])CC1. The Kier molecular flexibility index (Phi) is 5.75. The van der Waals surface area contributed by atoms with Crippen molar-refractivity contribution in [3.05, 3.63) is 57.2 Å². The van der Waals surface area contributed by atoms with Gasteiger partial charge >= 0.3 is 0 Å². The third-order valence-corrected chi connectivity index (χ3v) is 4.93. The van der Waals surface area contributed by atoms with E-state index < -0.39 is 4.92 Å². The third-order valence-electron chi connectivity index (χ3n) is 4.69. The normalized spacial score (nSPS) is 14.8. The average Bonchev–Trinajstić information content (AvgIpc) is 2.67. The van der Waals surface area contributed by atoms with Crippen molar-refractivity contribution < 1.29 is 9.72 Å². The number of halogens is 1. The maximum atomic E-state index is 11.3. The highest BCUT2D eigenvalue weighted by atomic mass is 35.5. The highest BCUT2D eigenvalue weighted by molar-refractivity contribution is 6.30. The number of nitrogens with one attached hydrogen (secondary N) is 1. The standard InChI is InChI=1S/C18H20ClN5O3/c19-14-3-4-15(16(10-14)24(26)27)22-11-13-2-1-7-21-18(13)23-8-5-12(6-9-23)17(20)25/h1-4,7,10,12,22H,5-6,8-9,11H2,(H2,20,25). The van der Waals surface area contributed by atoms with Crippen LogP contribution in [0, 0.1) is 16.0 Å². The van der Waals surface area contributed by atoms with Crippen molar-refractivity contribution >= 4 is 34.7 Å². The maximum Gasteiger partial charge on any atom is 0.293 e. The summed E-state index contributed by atoms with van der Waals surface area (Å²) in [5.74, 6) is 0.459. The Morgan fingerprint density at radius 1 is 1.37 bits per heavy atom. The molecule has 0 bridgehead atoms. The third kappa shape index (κ3) is 4.46. The lowest BCUT2D eigenvalue weighted by Gasteiger charge is -2.32.